The third-order valence-electron chi connectivity index (χ3n) is 8.64. The van der Waals surface area contributed by atoms with Crippen LogP contribution in [-0.4, -0.2) is 96.7 Å². The number of hydrogen-bond donors (Lipinski definition) is 2. The van der Waals surface area contributed by atoms with Gasteiger partial charge in [-0.3, -0.25) is 19.2 Å². The Kier molecular flexibility index (Phi) is 25.2. The van der Waals surface area contributed by atoms with Gasteiger partial charge in [-0.25, -0.2) is 0 Å². The lowest BCUT2D eigenvalue weighted by Gasteiger charge is -2.30. The molecular weight excluding hydrogens is 590 g/mol. The Morgan fingerprint density at radius 3 is 1.94 bits per heavy atom. The summed E-state index contributed by atoms with van der Waals surface area (Å²) in [5.74, 6) is 0.446. The van der Waals surface area contributed by atoms with Gasteiger partial charge in [-0.15, -0.1) is 0 Å². The van der Waals surface area contributed by atoms with E-state index in [1.54, 1.807) is 29.8 Å². The largest absolute Gasteiger partial charge is 0.354 e. The second kappa shape index (κ2) is 26.5. The zero-order valence-corrected chi connectivity index (χ0v) is 32.0. The van der Waals surface area contributed by atoms with E-state index in [0.29, 0.717) is 31.5 Å². The monoisotopic (exact) mass is 664 g/mol. The third kappa shape index (κ3) is 19.9. The summed E-state index contributed by atoms with van der Waals surface area (Å²) in [6, 6.07) is 0.0384. The van der Waals surface area contributed by atoms with Gasteiger partial charge in [0, 0.05) is 31.8 Å². The molecule has 2 aliphatic rings. The van der Waals surface area contributed by atoms with Crippen molar-refractivity contribution in [3.63, 3.8) is 0 Å². The average molecular weight is 664 g/mol. The summed E-state index contributed by atoms with van der Waals surface area (Å²) in [6.07, 6.45) is 16.4. The highest BCUT2D eigenvalue weighted by atomic mass is 16.2. The highest BCUT2D eigenvalue weighted by Crippen LogP contribution is 2.22. The fourth-order valence-electron chi connectivity index (χ4n) is 5.85. The molecule has 2 rings (SSSR count). The molecule has 0 aromatic carbocycles. The van der Waals surface area contributed by atoms with Crippen LogP contribution in [0.3, 0.4) is 0 Å². The maximum absolute atomic E-state index is 13.2. The van der Waals surface area contributed by atoms with E-state index in [1.165, 1.54) is 64.5 Å². The molecule has 0 bridgehead atoms. The van der Waals surface area contributed by atoms with Crippen LogP contribution in [0, 0.1) is 11.8 Å². The van der Waals surface area contributed by atoms with Gasteiger partial charge in [-0.2, -0.15) is 0 Å². The number of unbranched alkanes of at least 4 members (excludes halogenated alkanes) is 6. The number of piperidine rings is 1. The smallest absolute Gasteiger partial charge is 0.249 e. The first-order valence-electron chi connectivity index (χ1n) is 18.7. The molecule has 1 unspecified atom stereocenters. The van der Waals surface area contributed by atoms with E-state index in [9.17, 15) is 19.2 Å². The standard InChI is InChI=1S/C26H46N4O4.C8H17N.C4H10/c1-6-7-8-9-10-11-12-15-28-25(33)22-14-13-16-30(22)26(34)21(4)17-23(20(2)3)29(5)24(32)18-27-19-31;1-8(2)9-6-4-3-5-7-9;1-4(2)3/h17,19-20,22-23H,6-16,18H2,1-5H3,(H,27,31)(H,28,33);8H,3-7H2,1-2H3;4H,1-3H3/b21-17+;;/t22?,23-;;/m1../s1. The van der Waals surface area contributed by atoms with Gasteiger partial charge in [0.05, 0.1) is 12.6 Å². The Balaban J connectivity index is 0.00000134. The Hall–Kier alpha value is -2.42. The van der Waals surface area contributed by atoms with E-state index in [0.717, 1.165) is 31.2 Å². The minimum absolute atomic E-state index is 0.0720. The quantitative estimate of drug-likeness (QED) is 0.104. The first-order chi connectivity index (χ1) is 22.3. The van der Waals surface area contributed by atoms with Crippen LogP contribution in [0.2, 0.25) is 0 Å². The molecule has 0 spiro atoms. The molecule has 2 fully saturated rings. The summed E-state index contributed by atoms with van der Waals surface area (Å²) in [6.45, 7) is 22.8. The van der Waals surface area contributed by atoms with E-state index >= 15 is 0 Å². The third-order valence-corrected chi connectivity index (χ3v) is 8.64. The first kappa shape index (κ1) is 44.6. The summed E-state index contributed by atoms with van der Waals surface area (Å²) in [7, 11) is 1.67. The van der Waals surface area contributed by atoms with Gasteiger partial charge in [0.25, 0.3) is 0 Å². The molecule has 0 aliphatic carbocycles. The van der Waals surface area contributed by atoms with Gasteiger partial charge in [-0.05, 0) is 77.8 Å². The maximum atomic E-state index is 13.2. The summed E-state index contributed by atoms with van der Waals surface area (Å²) in [4.78, 5) is 54.6. The minimum Gasteiger partial charge on any atom is -0.354 e. The van der Waals surface area contributed by atoms with Crippen molar-refractivity contribution < 1.29 is 19.2 Å². The predicted octanol–water partition coefficient (Wildman–Crippen LogP) is 6.56. The molecule has 4 amide bonds. The fraction of sp³-hybridized carbons (Fsp3) is 0.842. The molecule has 47 heavy (non-hydrogen) atoms. The van der Waals surface area contributed by atoms with Crippen molar-refractivity contribution in [2.45, 2.75) is 157 Å². The van der Waals surface area contributed by atoms with Crippen LogP contribution < -0.4 is 10.6 Å². The second-order valence-electron chi connectivity index (χ2n) is 14.6. The molecule has 2 heterocycles. The van der Waals surface area contributed by atoms with Crippen molar-refractivity contribution in [3.8, 4) is 0 Å². The van der Waals surface area contributed by atoms with E-state index in [1.807, 2.05) is 13.8 Å². The van der Waals surface area contributed by atoms with Crippen molar-refractivity contribution in [1.82, 2.24) is 25.3 Å². The molecule has 0 aromatic rings. The topological polar surface area (TPSA) is 102 Å². The van der Waals surface area contributed by atoms with Crippen LogP contribution in [0.25, 0.3) is 0 Å². The predicted molar refractivity (Wildman–Crippen MR) is 196 cm³/mol. The van der Waals surface area contributed by atoms with E-state index in [-0.39, 0.29) is 36.2 Å². The lowest BCUT2D eigenvalue weighted by atomic mass is 9.99. The first-order valence-corrected chi connectivity index (χ1v) is 18.7. The van der Waals surface area contributed by atoms with Crippen LogP contribution >= 0.6 is 0 Å². The Morgan fingerprint density at radius 1 is 0.851 bits per heavy atom. The fourth-order valence-corrected chi connectivity index (χ4v) is 5.85. The summed E-state index contributed by atoms with van der Waals surface area (Å²) in [5, 5.41) is 5.41. The molecule has 9 heteroatoms. The van der Waals surface area contributed by atoms with Crippen molar-refractivity contribution >= 4 is 24.1 Å². The van der Waals surface area contributed by atoms with Gasteiger partial charge in [0.2, 0.25) is 24.1 Å². The Bertz CT molecular complexity index is 896. The van der Waals surface area contributed by atoms with E-state index < -0.39 is 6.04 Å². The summed E-state index contributed by atoms with van der Waals surface area (Å²) >= 11 is 0. The van der Waals surface area contributed by atoms with Gasteiger partial charge in [-0.1, -0.05) is 92.6 Å². The number of hydrogen-bond acceptors (Lipinski definition) is 5. The van der Waals surface area contributed by atoms with Crippen LogP contribution in [-0.2, 0) is 19.2 Å². The van der Waals surface area contributed by atoms with Crippen molar-refractivity contribution in [2.24, 2.45) is 11.8 Å². The number of likely N-dealkylation sites (N-methyl/N-ethyl adjacent to an activating group) is 1. The normalized spacial score (nSPS) is 17.4. The van der Waals surface area contributed by atoms with Crippen LogP contribution in [0.15, 0.2) is 11.6 Å². The van der Waals surface area contributed by atoms with E-state index in [4.69, 9.17) is 0 Å². The van der Waals surface area contributed by atoms with Gasteiger partial charge >= 0.3 is 0 Å². The van der Waals surface area contributed by atoms with Crippen molar-refractivity contribution in [3.05, 3.63) is 11.6 Å². The number of rotatable bonds is 17. The minimum atomic E-state index is -0.436. The molecule has 9 nitrogen and oxygen atoms in total. The van der Waals surface area contributed by atoms with E-state index in [2.05, 4.69) is 57.1 Å². The van der Waals surface area contributed by atoms with Crippen LogP contribution in [0.1, 0.15) is 139 Å². The highest BCUT2D eigenvalue weighted by Gasteiger charge is 2.34. The Morgan fingerprint density at radius 2 is 1.43 bits per heavy atom. The lowest BCUT2D eigenvalue weighted by molar-refractivity contribution is -0.135. The number of nitrogens with one attached hydrogen (secondary N) is 2. The number of amides is 4. The molecule has 2 saturated heterocycles. The van der Waals surface area contributed by atoms with Crippen LogP contribution in [0.5, 0.6) is 0 Å². The van der Waals surface area contributed by atoms with Crippen molar-refractivity contribution in [1.29, 1.82) is 0 Å². The maximum Gasteiger partial charge on any atom is 0.249 e. The zero-order valence-electron chi connectivity index (χ0n) is 32.0. The molecule has 274 valence electrons. The number of carbonyl (C=O) groups is 4. The number of carbonyl (C=O) groups excluding carboxylic acids is 4. The Labute approximate surface area is 289 Å². The molecule has 0 aromatic heterocycles. The average Bonchev–Trinajstić information content (AvgIpc) is 3.53. The molecule has 2 atom stereocenters. The summed E-state index contributed by atoms with van der Waals surface area (Å²) < 4.78 is 0. The zero-order chi connectivity index (χ0) is 35.8. The van der Waals surface area contributed by atoms with Gasteiger partial charge in [0.1, 0.15) is 6.04 Å². The molecule has 0 radical (unpaired) electrons. The summed E-state index contributed by atoms with van der Waals surface area (Å²) in [5.41, 5.74) is 0.522. The SMILES string of the molecule is CC(C)C.CC(C)N1CCCCC1.CCCCCCCCCNC(=O)C1CCCN1C(=O)/C(C)=C/[C@H](C(C)C)N(C)C(=O)CNC=O. The van der Waals surface area contributed by atoms with Crippen molar-refractivity contribution in [2.75, 3.05) is 39.8 Å². The number of likely N-dealkylation sites (tertiary alicyclic amines) is 2. The molecule has 0 saturated carbocycles. The van der Waals surface area contributed by atoms with Gasteiger partial charge < -0.3 is 25.3 Å². The highest BCUT2D eigenvalue weighted by molar-refractivity contribution is 5.97. The number of nitrogens with zero attached hydrogens (tertiary/aromatic N) is 3. The second-order valence-corrected chi connectivity index (χ2v) is 14.6. The van der Waals surface area contributed by atoms with Gasteiger partial charge in [0.15, 0.2) is 0 Å². The molecule has 2 N–H and O–H groups in total. The lowest BCUT2D eigenvalue weighted by Crippen LogP contribution is -2.47. The molecule has 2 aliphatic heterocycles. The molecular formula is C38H73N5O4. The van der Waals surface area contributed by atoms with Crippen LogP contribution in [0.4, 0.5) is 0 Å².